The normalized spacial score (nSPS) is 16.7. The van der Waals surface area contributed by atoms with Gasteiger partial charge in [0, 0.05) is 12.0 Å². The molecule has 0 fully saturated rings. The molecule has 0 saturated heterocycles. The highest BCUT2D eigenvalue weighted by molar-refractivity contribution is 6.03. The van der Waals surface area contributed by atoms with Crippen LogP contribution in [-0.4, -0.2) is 18.3 Å². The zero-order valence-corrected chi connectivity index (χ0v) is 15.8. The van der Waals surface area contributed by atoms with E-state index in [0.717, 1.165) is 12.0 Å². The fourth-order valence-corrected chi connectivity index (χ4v) is 3.50. The van der Waals surface area contributed by atoms with Gasteiger partial charge in [-0.25, -0.2) is 4.39 Å². The lowest BCUT2D eigenvalue weighted by Gasteiger charge is -2.16. The Balaban J connectivity index is 1.64. The van der Waals surface area contributed by atoms with E-state index in [1.807, 2.05) is 38.1 Å². The largest absolute Gasteiger partial charge is 0.483 e. The topological polar surface area (TPSA) is 55.4 Å². The van der Waals surface area contributed by atoms with Crippen LogP contribution in [0.15, 0.2) is 36.4 Å². The Hall–Kier alpha value is -2.69. The number of benzene rings is 2. The van der Waals surface area contributed by atoms with Crippen LogP contribution in [0.3, 0.4) is 0 Å². The third-order valence-electron chi connectivity index (χ3n) is 5.04. The van der Waals surface area contributed by atoms with E-state index in [9.17, 15) is 14.0 Å². The molecule has 2 atom stereocenters. The summed E-state index contributed by atoms with van der Waals surface area (Å²) >= 11 is 0. The minimum absolute atomic E-state index is 0.142. The molecule has 1 aliphatic rings. The first-order valence-electron chi connectivity index (χ1n) is 9.27. The van der Waals surface area contributed by atoms with Crippen molar-refractivity contribution < 1.29 is 18.7 Å². The van der Waals surface area contributed by atoms with E-state index >= 15 is 0 Å². The minimum atomic E-state index is -0.399. The molecule has 1 amide bonds. The summed E-state index contributed by atoms with van der Waals surface area (Å²) < 4.78 is 19.6. The Labute approximate surface area is 158 Å². The van der Waals surface area contributed by atoms with Gasteiger partial charge >= 0.3 is 0 Å². The number of carbonyl (C=O) groups is 2. The Morgan fingerprint density at radius 3 is 2.63 bits per heavy atom. The Bertz CT molecular complexity index is 861. The van der Waals surface area contributed by atoms with Gasteiger partial charge in [-0.1, -0.05) is 38.1 Å². The number of ketones is 1. The number of Topliss-reactive ketones (excluding diaryl/α,β-unsaturated/α-hetero) is 1. The molecule has 2 aromatic rings. The van der Waals surface area contributed by atoms with Crippen LogP contribution in [0, 0.1) is 5.82 Å². The van der Waals surface area contributed by atoms with E-state index in [1.165, 1.54) is 17.7 Å². The highest BCUT2D eigenvalue weighted by Gasteiger charge is 2.32. The highest BCUT2D eigenvalue weighted by atomic mass is 19.1. The van der Waals surface area contributed by atoms with E-state index in [1.54, 1.807) is 0 Å². The number of halogens is 1. The maximum atomic E-state index is 14.0. The van der Waals surface area contributed by atoms with Gasteiger partial charge in [0.2, 0.25) is 0 Å². The fourth-order valence-electron chi connectivity index (χ4n) is 3.50. The zero-order valence-electron chi connectivity index (χ0n) is 15.8. The van der Waals surface area contributed by atoms with Crippen molar-refractivity contribution in [1.82, 2.24) is 5.32 Å². The number of aryl methyl sites for hydroxylation is 1. The molecule has 0 aromatic heterocycles. The predicted octanol–water partition coefficient (Wildman–Crippen LogP) is 4.33. The zero-order chi connectivity index (χ0) is 19.6. The molecule has 0 heterocycles. The number of hydrogen-bond acceptors (Lipinski definition) is 3. The van der Waals surface area contributed by atoms with Gasteiger partial charge in [-0.15, -0.1) is 0 Å². The molecular formula is C22H24FNO3. The number of amides is 1. The third-order valence-corrected chi connectivity index (χ3v) is 5.04. The van der Waals surface area contributed by atoms with Gasteiger partial charge in [-0.05, 0) is 42.5 Å². The molecule has 142 valence electrons. The van der Waals surface area contributed by atoms with Gasteiger partial charge in [0.1, 0.15) is 11.6 Å². The van der Waals surface area contributed by atoms with E-state index in [4.69, 9.17) is 4.74 Å². The second kappa shape index (κ2) is 7.91. The lowest BCUT2D eigenvalue weighted by Crippen LogP contribution is -2.31. The van der Waals surface area contributed by atoms with Crippen LogP contribution in [0.1, 0.15) is 66.2 Å². The van der Waals surface area contributed by atoms with Gasteiger partial charge in [-0.2, -0.15) is 0 Å². The molecule has 2 aromatic carbocycles. The number of hydrogen-bond donors (Lipinski definition) is 1. The van der Waals surface area contributed by atoms with E-state index in [0.29, 0.717) is 5.56 Å². The number of nitrogens with one attached hydrogen (secondary N) is 1. The molecule has 0 spiro atoms. The first-order valence-corrected chi connectivity index (χ1v) is 9.27. The van der Waals surface area contributed by atoms with Crippen molar-refractivity contribution in [3.05, 3.63) is 64.5 Å². The SMILES string of the molecule is CCc1ccc([C@@H](C)NC(=O)COc2ccc(F)c3c2C(=O)C[C@@H]3C)cc1. The van der Waals surface area contributed by atoms with Crippen LogP contribution < -0.4 is 10.1 Å². The van der Waals surface area contributed by atoms with Crippen molar-refractivity contribution in [1.29, 1.82) is 0 Å². The lowest BCUT2D eigenvalue weighted by molar-refractivity contribution is -0.123. The van der Waals surface area contributed by atoms with Crippen LogP contribution in [0.5, 0.6) is 5.75 Å². The number of ether oxygens (including phenoxy) is 1. The van der Waals surface area contributed by atoms with Crippen LogP contribution in [0.4, 0.5) is 4.39 Å². The van der Waals surface area contributed by atoms with E-state index < -0.39 is 5.82 Å². The molecule has 1 N–H and O–H groups in total. The maximum Gasteiger partial charge on any atom is 0.258 e. The molecule has 5 heteroatoms. The molecule has 27 heavy (non-hydrogen) atoms. The molecule has 0 aliphatic heterocycles. The summed E-state index contributed by atoms with van der Waals surface area (Å²) in [5, 5.41) is 2.88. The Morgan fingerprint density at radius 2 is 1.96 bits per heavy atom. The first kappa shape index (κ1) is 19.1. The predicted molar refractivity (Wildman–Crippen MR) is 102 cm³/mol. The molecule has 1 aliphatic carbocycles. The summed E-state index contributed by atoms with van der Waals surface area (Å²) in [6, 6.07) is 10.6. The molecular weight excluding hydrogens is 345 g/mol. The summed E-state index contributed by atoms with van der Waals surface area (Å²) in [5.41, 5.74) is 2.91. The monoisotopic (exact) mass is 369 g/mol. The van der Waals surface area contributed by atoms with Gasteiger partial charge in [0.15, 0.2) is 12.4 Å². The molecule has 0 unspecified atom stereocenters. The second-order valence-electron chi connectivity index (χ2n) is 7.04. The fraction of sp³-hybridized carbons (Fsp3) is 0.364. The summed E-state index contributed by atoms with van der Waals surface area (Å²) in [6.45, 7) is 5.58. The van der Waals surface area contributed by atoms with Crippen molar-refractivity contribution >= 4 is 11.7 Å². The van der Waals surface area contributed by atoms with Crippen LogP contribution >= 0.6 is 0 Å². The number of rotatable bonds is 6. The number of fused-ring (bicyclic) bond motifs is 1. The van der Waals surface area contributed by atoms with Gasteiger partial charge in [-0.3, -0.25) is 9.59 Å². The summed E-state index contributed by atoms with van der Waals surface area (Å²) in [5.74, 6) is -0.730. The smallest absolute Gasteiger partial charge is 0.258 e. The average molecular weight is 369 g/mol. The molecule has 0 radical (unpaired) electrons. The first-order chi connectivity index (χ1) is 12.9. The number of carbonyl (C=O) groups excluding carboxylic acids is 2. The van der Waals surface area contributed by atoms with Crippen LogP contribution in [0.25, 0.3) is 0 Å². The van der Waals surface area contributed by atoms with Crippen molar-refractivity contribution in [3.63, 3.8) is 0 Å². The van der Waals surface area contributed by atoms with Crippen molar-refractivity contribution in [3.8, 4) is 5.75 Å². The second-order valence-corrected chi connectivity index (χ2v) is 7.04. The molecule has 0 saturated carbocycles. The van der Waals surface area contributed by atoms with Crippen LogP contribution in [0.2, 0.25) is 0 Å². The molecule has 3 rings (SSSR count). The van der Waals surface area contributed by atoms with Crippen molar-refractivity contribution in [2.24, 2.45) is 0 Å². The minimum Gasteiger partial charge on any atom is -0.483 e. The maximum absolute atomic E-state index is 14.0. The van der Waals surface area contributed by atoms with E-state index in [-0.39, 0.29) is 48.0 Å². The molecule has 0 bridgehead atoms. The third kappa shape index (κ3) is 4.02. The van der Waals surface area contributed by atoms with E-state index in [2.05, 4.69) is 12.2 Å². The summed E-state index contributed by atoms with van der Waals surface area (Å²) in [7, 11) is 0. The van der Waals surface area contributed by atoms with Gasteiger partial charge in [0.25, 0.3) is 5.91 Å². The Morgan fingerprint density at radius 1 is 1.26 bits per heavy atom. The lowest BCUT2D eigenvalue weighted by atomic mass is 10.0. The van der Waals surface area contributed by atoms with Gasteiger partial charge < -0.3 is 10.1 Å². The van der Waals surface area contributed by atoms with Crippen LogP contribution in [-0.2, 0) is 11.2 Å². The quantitative estimate of drug-likeness (QED) is 0.824. The van der Waals surface area contributed by atoms with Gasteiger partial charge in [0.05, 0.1) is 11.6 Å². The summed E-state index contributed by atoms with van der Waals surface area (Å²) in [6.07, 6.45) is 1.23. The summed E-state index contributed by atoms with van der Waals surface area (Å²) in [4.78, 5) is 24.4. The van der Waals surface area contributed by atoms with Crippen molar-refractivity contribution in [2.45, 2.75) is 45.6 Å². The van der Waals surface area contributed by atoms with Crippen molar-refractivity contribution in [2.75, 3.05) is 6.61 Å². The highest BCUT2D eigenvalue weighted by Crippen LogP contribution is 2.39. The average Bonchev–Trinajstić information content (AvgIpc) is 2.96. The standard InChI is InChI=1S/C22H24FNO3/c1-4-15-5-7-16(8-6-15)14(3)24-20(26)12-27-19-10-9-17(23)21-13(2)11-18(25)22(19)21/h5-10,13-14H,4,11-12H2,1-3H3,(H,24,26)/t13-,14+/m0/s1. The Kier molecular flexibility index (Phi) is 5.59. The molecule has 4 nitrogen and oxygen atoms in total.